The van der Waals surface area contributed by atoms with Gasteiger partial charge in [-0.25, -0.2) is 0 Å². The fraction of sp³-hybridized carbons (Fsp3) is 0.435. The molecule has 0 saturated carbocycles. The topological polar surface area (TPSA) is 42.9 Å². The SMILES string of the molecule is CN=C(NCCCc1ccc(N(C)C)cc1)NC1CCN(c2ccccc2)C1. The number of hydrogen-bond donors (Lipinski definition) is 2. The fourth-order valence-corrected chi connectivity index (χ4v) is 3.60. The first-order chi connectivity index (χ1) is 13.7. The number of guanidine groups is 1. The first kappa shape index (κ1) is 20.1. The number of anilines is 2. The second kappa shape index (κ2) is 10.0. The molecular weight excluding hydrogens is 346 g/mol. The number of benzene rings is 2. The van der Waals surface area contributed by atoms with Crippen molar-refractivity contribution in [3.63, 3.8) is 0 Å². The first-order valence-electron chi connectivity index (χ1n) is 10.2. The molecule has 0 amide bonds. The average molecular weight is 380 g/mol. The third-order valence-electron chi connectivity index (χ3n) is 5.26. The minimum absolute atomic E-state index is 0.435. The van der Waals surface area contributed by atoms with Crippen LogP contribution in [0.5, 0.6) is 0 Å². The number of hydrogen-bond acceptors (Lipinski definition) is 3. The van der Waals surface area contributed by atoms with Gasteiger partial charge in [0.15, 0.2) is 5.96 Å². The van der Waals surface area contributed by atoms with Crippen molar-refractivity contribution in [1.82, 2.24) is 10.6 Å². The van der Waals surface area contributed by atoms with E-state index >= 15 is 0 Å². The number of para-hydroxylation sites is 1. The van der Waals surface area contributed by atoms with Gasteiger partial charge >= 0.3 is 0 Å². The van der Waals surface area contributed by atoms with E-state index in [0.717, 1.165) is 44.9 Å². The number of aryl methyl sites for hydroxylation is 1. The molecule has 2 aromatic carbocycles. The molecule has 0 radical (unpaired) electrons. The monoisotopic (exact) mass is 379 g/mol. The molecule has 1 saturated heterocycles. The smallest absolute Gasteiger partial charge is 0.191 e. The van der Waals surface area contributed by atoms with Gasteiger partial charge in [-0.05, 0) is 49.1 Å². The van der Waals surface area contributed by atoms with Crippen molar-refractivity contribution in [2.24, 2.45) is 4.99 Å². The van der Waals surface area contributed by atoms with Crippen molar-refractivity contribution in [3.05, 3.63) is 60.2 Å². The van der Waals surface area contributed by atoms with E-state index in [0.29, 0.717) is 6.04 Å². The van der Waals surface area contributed by atoms with Crippen molar-refractivity contribution in [2.75, 3.05) is 50.6 Å². The summed E-state index contributed by atoms with van der Waals surface area (Å²) in [5, 5.41) is 7.04. The molecule has 28 heavy (non-hydrogen) atoms. The largest absolute Gasteiger partial charge is 0.378 e. The van der Waals surface area contributed by atoms with Gasteiger partial charge in [0.05, 0.1) is 0 Å². The number of nitrogens with one attached hydrogen (secondary N) is 2. The van der Waals surface area contributed by atoms with Crippen molar-refractivity contribution in [2.45, 2.75) is 25.3 Å². The molecule has 0 aliphatic carbocycles. The quantitative estimate of drug-likeness (QED) is 0.441. The van der Waals surface area contributed by atoms with Crippen LogP contribution in [0.3, 0.4) is 0 Å². The van der Waals surface area contributed by atoms with Gasteiger partial charge in [0.25, 0.3) is 0 Å². The normalized spacial score (nSPS) is 16.9. The first-order valence-corrected chi connectivity index (χ1v) is 10.2. The lowest BCUT2D eigenvalue weighted by molar-refractivity contribution is 0.643. The highest BCUT2D eigenvalue weighted by Gasteiger charge is 2.23. The Bertz CT molecular complexity index is 739. The lowest BCUT2D eigenvalue weighted by atomic mass is 10.1. The fourth-order valence-electron chi connectivity index (χ4n) is 3.60. The van der Waals surface area contributed by atoms with Crippen LogP contribution in [0.25, 0.3) is 0 Å². The van der Waals surface area contributed by atoms with Gasteiger partial charge < -0.3 is 20.4 Å². The summed E-state index contributed by atoms with van der Waals surface area (Å²) in [4.78, 5) is 8.96. The number of nitrogens with zero attached hydrogens (tertiary/aromatic N) is 3. The molecule has 0 aromatic heterocycles. The molecule has 0 spiro atoms. The molecule has 1 atom stereocenters. The summed E-state index contributed by atoms with van der Waals surface area (Å²) >= 11 is 0. The minimum atomic E-state index is 0.435. The van der Waals surface area contributed by atoms with Gasteiger partial charge in [0, 0.05) is 58.2 Å². The molecule has 1 aliphatic heterocycles. The maximum Gasteiger partial charge on any atom is 0.191 e. The van der Waals surface area contributed by atoms with Crippen LogP contribution in [-0.4, -0.2) is 52.8 Å². The molecule has 2 aromatic rings. The van der Waals surface area contributed by atoms with E-state index in [-0.39, 0.29) is 0 Å². The second-order valence-corrected chi connectivity index (χ2v) is 7.57. The lowest BCUT2D eigenvalue weighted by Gasteiger charge is -2.20. The standard InChI is InChI=1S/C23H33N5/c1-24-23(25-16-7-8-19-11-13-21(14-12-19)27(2)3)26-20-15-17-28(18-20)22-9-5-4-6-10-22/h4-6,9-14,20H,7-8,15-18H2,1-3H3,(H2,24,25,26). The van der Waals surface area contributed by atoms with Crippen molar-refractivity contribution < 1.29 is 0 Å². The molecular formula is C23H33N5. The maximum atomic E-state index is 4.40. The summed E-state index contributed by atoms with van der Waals surface area (Å²) in [7, 11) is 5.99. The Balaban J connectivity index is 1.38. The number of aliphatic imine (C=N–C) groups is 1. The van der Waals surface area contributed by atoms with Gasteiger partial charge in [-0.3, -0.25) is 4.99 Å². The minimum Gasteiger partial charge on any atom is -0.378 e. The summed E-state index contributed by atoms with van der Waals surface area (Å²) < 4.78 is 0. The van der Waals surface area contributed by atoms with Gasteiger partial charge in [0.2, 0.25) is 0 Å². The van der Waals surface area contributed by atoms with E-state index in [1.807, 2.05) is 7.05 Å². The summed E-state index contributed by atoms with van der Waals surface area (Å²) in [6.07, 6.45) is 3.29. The van der Waals surface area contributed by atoms with Crippen LogP contribution in [0, 0.1) is 0 Å². The van der Waals surface area contributed by atoms with Crippen LogP contribution in [0.2, 0.25) is 0 Å². The zero-order chi connectivity index (χ0) is 19.8. The van der Waals surface area contributed by atoms with Crippen LogP contribution >= 0.6 is 0 Å². The molecule has 5 nitrogen and oxygen atoms in total. The molecule has 1 fully saturated rings. The summed E-state index contributed by atoms with van der Waals surface area (Å²) in [6, 6.07) is 19.9. The van der Waals surface area contributed by atoms with Crippen molar-refractivity contribution in [1.29, 1.82) is 0 Å². The van der Waals surface area contributed by atoms with E-state index in [9.17, 15) is 0 Å². The maximum absolute atomic E-state index is 4.40. The van der Waals surface area contributed by atoms with Crippen molar-refractivity contribution in [3.8, 4) is 0 Å². The Morgan fingerprint density at radius 2 is 1.86 bits per heavy atom. The van der Waals surface area contributed by atoms with Crippen LogP contribution < -0.4 is 20.4 Å². The summed E-state index contributed by atoms with van der Waals surface area (Å²) in [5.74, 6) is 0.905. The second-order valence-electron chi connectivity index (χ2n) is 7.57. The van der Waals surface area contributed by atoms with Crippen LogP contribution in [-0.2, 0) is 6.42 Å². The molecule has 2 N–H and O–H groups in total. The molecule has 150 valence electrons. The van der Waals surface area contributed by atoms with Crippen LogP contribution in [0.15, 0.2) is 59.6 Å². The Morgan fingerprint density at radius 3 is 2.54 bits per heavy atom. The Hall–Kier alpha value is -2.69. The highest BCUT2D eigenvalue weighted by Crippen LogP contribution is 2.19. The molecule has 5 heteroatoms. The van der Waals surface area contributed by atoms with Crippen LogP contribution in [0.4, 0.5) is 11.4 Å². The molecule has 1 heterocycles. The lowest BCUT2D eigenvalue weighted by Crippen LogP contribution is -2.44. The predicted molar refractivity (Wildman–Crippen MR) is 121 cm³/mol. The highest BCUT2D eigenvalue weighted by molar-refractivity contribution is 5.80. The van der Waals surface area contributed by atoms with Crippen molar-refractivity contribution >= 4 is 17.3 Å². The molecule has 1 aliphatic rings. The molecule has 0 bridgehead atoms. The van der Waals surface area contributed by atoms with Gasteiger partial charge in [-0.2, -0.15) is 0 Å². The summed E-state index contributed by atoms with van der Waals surface area (Å²) in [5.41, 5.74) is 3.92. The average Bonchev–Trinajstić information content (AvgIpc) is 3.20. The van der Waals surface area contributed by atoms with E-state index in [1.54, 1.807) is 0 Å². The Labute approximate surface area is 169 Å². The predicted octanol–water partition coefficient (Wildman–Crippen LogP) is 3.13. The summed E-state index contributed by atoms with van der Waals surface area (Å²) in [6.45, 7) is 3.02. The van der Waals surface area contributed by atoms with E-state index in [2.05, 4.69) is 94.1 Å². The van der Waals surface area contributed by atoms with Gasteiger partial charge in [-0.1, -0.05) is 30.3 Å². The number of rotatable bonds is 7. The zero-order valence-electron chi connectivity index (χ0n) is 17.4. The van der Waals surface area contributed by atoms with E-state index < -0.39 is 0 Å². The van der Waals surface area contributed by atoms with Gasteiger partial charge in [-0.15, -0.1) is 0 Å². The van der Waals surface area contributed by atoms with E-state index in [4.69, 9.17) is 0 Å². The molecule has 3 rings (SSSR count). The van der Waals surface area contributed by atoms with Crippen LogP contribution in [0.1, 0.15) is 18.4 Å². The third kappa shape index (κ3) is 5.65. The zero-order valence-corrected chi connectivity index (χ0v) is 17.4. The Morgan fingerprint density at radius 1 is 1.11 bits per heavy atom. The third-order valence-corrected chi connectivity index (χ3v) is 5.26. The van der Waals surface area contributed by atoms with Gasteiger partial charge in [0.1, 0.15) is 0 Å². The molecule has 1 unspecified atom stereocenters. The highest BCUT2D eigenvalue weighted by atomic mass is 15.2. The Kier molecular flexibility index (Phi) is 7.18. The van der Waals surface area contributed by atoms with E-state index in [1.165, 1.54) is 16.9 Å².